The van der Waals surface area contributed by atoms with Gasteiger partial charge in [-0.05, 0) is 36.8 Å². The summed E-state index contributed by atoms with van der Waals surface area (Å²) in [4.78, 5) is 4.27. The first-order chi connectivity index (χ1) is 6.19. The molecule has 0 aliphatic heterocycles. The molecule has 1 atom stereocenters. The number of aliphatic hydroxyl groups excluding tert-OH is 1. The zero-order chi connectivity index (χ0) is 9.84. The fourth-order valence-electron chi connectivity index (χ4n) is 1.22. The molecule has 1 N–H and O–H groups in total. The van der Waals surface area contributed by atoms with Gasteiger partial charge in [-0.2, -0.15) is 0 Å². The highest BCUT2D eigenvalue weighted by molar-refractivity contribution is 7.98. The second-order valence-corrected chi connectivity index (χ2v) is 3.81. The van der Waals surface area contributed by atoms with Crippen LogP contribution in [0.1, 0.15) is 30.6 Å². The lowest BCUT2D eigenvalue weighted by Crippen LogP contribution is -1.97. The van der Waals surface area contributed by atoms with Crippen LogP contribution in [0, 0.1) is 6.92 Å². The van der Waals surface area contributed by atoms with Gasteiger partial charge < -0.3 is 5.11 Å². The molecule has 0 spiro atoms. The van der Waals surface area contributed by atoms with Crippen LogP contribution in [-0.4, -0.2) is 16.3 Å². The Labute approximate surface area is 83.4 Å². The minimum absolute atomic E-state index is 0.373. The summed E-state index contributed by atoms with van der Waals surface area (Å²) in [5.41, 5.74) is 2.05. The normalized spacial score (nSPS) is 12.9. The Morgan fingerprint density at radius 2 is 2.31 bits per heavy atom. The van der Waals surface area contributed by atoms with Gasteiger partial charge in [0.2, 0.25) is 0 Å². The van der Waals surface area contributed by atoms with Crippen LogP contribution in [0.2, 0.25) is 0 Å². The van der Waals surface area contributed by atoms with Gasteiger partial charge in [0.1, 0.15) is 0 Å². The molecule has 72 valence electrons. The predicted molar refractivity (Wildman–Crippen MR) is 56.0 cm³/mol. The van der Waals surface area contributed by atoms with Crippen molar-refractivity contribution in [1.82, 2.24) is 4.98 Å². The van der Waals surface area contributed by atoms with E-state index in [1.165, 1.54) is 0 Å². The van der Waals surface area contributed by atoms with E-state index in [0.29, 0.717) is 0 Å². The minimum atomic E-state index is -0.373. The Balaban J connectivity index is 2.95. The molecule has 0 amide bonds. The van der Waals surface area contributed by atoms with Crippen molar-refractivity contribution in [3.63, 3.8) is 0 Å². The summed E-state index contributed by atoms with van der Waals surface area (Å²) < 4.78 is 0. The lowest BCUT2D eigenvalue weighted by atomic mass is 10.1. The van der Waals surface area contributed by atoms with Crippen molar-refractivity contribution < 1.29 is 5.11 Å². The maximum atomic E-state index is 9.57. The SMILES string of the molecule is CCC(O)c1cnc(SC)c(C)c1. The molecule has 3 heteroatoms. The number of aryl methyl sites for hydroxylation is 1. The molecule has 0 fully saturated rings. The van der Waals surface area contributed by atoms with Gasteiger partial charge in [0.05, 0.1) is 11.1 Å². The number of rotatable bonds is 3. The Morgan fingerprint density at radius 3 is 2.77 bits per heavy atom. The van der Waals surface area contributed by atoms with E-state index in [9.17, 15) is 5.11 Å². The van der Waals surface area contributed by atoms with E-state index in [0.717, 1.165) is 22.6 Å². The highest BCUT2D eigenvalue weighted by Crippen LogP contribution is 2.22. The molecule has 1 heterocycles. The standard InChI is InChI=1S/C10H15NOS/c1-4-9(12)8-5-7(2)10(13-3)11-6-8/h5-6,9,12H,4H2,1-3H3. The van der Waals surface area contributed by atoms with Crippen LogP contribution >= 0.6 is 11.8 Å². The molecule has 0 saturated heterocycles. The van der Waals surface area contributed by atoms with Crippen molar-refractivity contribution in [2.45, 2.75) is 31.4 Å². The van der Waals surface area contributed by atoms with Crippen LogP contribution in [0.4, 0.5) is 0 Å². The zero-order valence-electron chi connectivity index (χ0n) is 8.24. The minimum Gasteiger partial charge on any atom is -0.388 e. The third-order valence-electron chi connectivity index (χ3n) is 2.02. The van der Waals surface area contributed by atoms with Gasteiger partial charge >= 0.3 is 0 Å². The Morgan fingerprint density at radius 1 is 1.62 bits per heavy atom. The first kappa shape index (κ1) is 10.5. The lowest BCUT2D eigenvalue weighted by Gasteiger charge is -2.09. The average Bonchev–Trinajstić information content (AvgIpc) is 2.16. The average molecular weight is 197 g/mol. The van der Waals surface area contributed by atoms with Gasteiger partial charge in [0.15, 0.2) is 0 Å². The van der Waals surface area contributed by atoms with E-state index >= 15 is 0 Å². The van der Waals surface area contributed by atoms with Crippen molar-refractivity contribution in [3.8, 4) is 0 Å². The van der Waals surface area contributed by atoms with Crippen LogP contribution < -0.4 is 0 Å². The predicted octanol–water partition coefficient (Wildman–Crippen LogP) is 2.56. The molecular weight excluding hydrogens is 182 g/mol. The van der Waals surface area contributed by atoms with Gasteiger partial charge in [-0.1, -0.05) is 6.92 Å². The molecule has 2 nitrogen and oxygen atoms in total. The van der Waals surface area contributed by atoms with Gasteiger partial charge in [-0.3, -0.25) is 0 Å². The van der Waals surface area contributed by atoms with Crippen LogP contribution in [0.3, 0.4) is 0 Å². The molecule has 0 saturated carbocycles. The zero-order valence-corrected chi connectivity index (χ0v) is 9.06. The summed E-state index contributed by atoms with van der Waals surface area (Å²) in [6, 6.07) is 2.01. The monoisotopic (exact) mass is 197 g/mol. The number of nitrogens with zero attached hydrogens (tertiary/aromatic N) is 1. The van der Waals surface area contributed by atoms with Gasteiger partial charge in [0.25, 0.3) is 0 Å². The maximum absolute atomic E-state index is 9.57. The molecule has 0 radical (unpaired) electrons. The Kier molecular flexibility index (Phi) is 3.75. The summed E-state index contributed by atoms with van der Waals surface area (Å²) in [7, 11) is 0. The molecule has 13 heavy (non-hydrogen) atoms. The van der Waals surface area contributed by atoms with Gasteiger partial charge in [-0.25, -0.2) is 4.98 Å². The summed E-state index contributed by atoms with van der Waals surface area (Å²) >= 11 is 1.63. The largest absolute Gasteiger partial charge is 0.388 e. The van der Waals surface area contributed by atoms with E-state index in [1.807, 2.05) is 26.2 Å². The maximum Gasteiger partial charge on any atom is 0.0986 e. The van der Waals surface area contributed by atoms with Crippen molar-refractivity contribution in [3.05, 3.63) is 23.4 Å². The van der Waals surface area contributed by atoms with Crippen molar-refractivity contribution in [2.75, 3.05) is 6.26 Å². The van der Waals surface area contributed by atoms with Crippen LogP contribution in [0.25, 0.3) is 0 Å². The molecule has 0 aromatic carbocycles. The van der Waals surface area contributed by atoms with E-state index in [2.05, 4.69) is 4.98 Å². The number of aliphatic hydroxyl groups is 1. The van der Waals surface area contributed by atoms with Gasteiger partial charge in [0, 0.05) is 6.20 Å². The fourth-order valence-corrected chi connectivity index (χ4v) is 1.75. The Bertz CT molecular complexity index is 288. The quantitative estimate of drug-likeness (QED) is 0.756. The number of pyridine rings is 1. The molecule has 1 aromatic heterocycles. The molecule has 0 aliphatic rings. The smallest absolute Gasteiger partial charge is 0.0986 e. The van der Waals surface area contributed by atoms with Crippen LogP contribution in [0.15, 0.2) is 17.3 Å². The first-order valence-corrected chi connectivity index (χ1v) is 5.60. The first-order valence-electron chi connectivity index (χ1n) is 4.37. The molecule has 1 aromatic rings. The third-order valence-corrected chi connectivity index (χ3v) is 2.83. The number of hydrogen-bond donors (Lipinski definition) is 1. The van der Waals surface area contributed by atoms with E-state index in [1.54, 1.807) is 18.0 Å². The van der Waals surface area contributed by atoms with Crippen molar-refractivity contribution in [1.29, 1.82) is 0 Å². The number of hydrogen-bond acceptors (Lipinski definition) is 3. The lowest BCUT2D eigenvalue weighted by molar-refractivity contribution is 0.173. The van der Waals surface area contributed by atoms with E-state index in [-0.39, 0.29) is 6.10 Å². The number of aromatic nitrogens is 1. The fraction of sp³-hybridized carbons (Fsp3) is 0.500. The summed E-state index contributed by atoms with van der Waals surface area (Å²) in [5.74, 6) is 0. The van der Waals surface area contributed by atoms with E-state index in [4.69, 9.17) is 0 Å². The summed E-state index contributed by atoms with van der Waals surface area (Å²) in [5, 5.41) is 10.6. The molecular formula is C10H15NOS. The second kappa shape index (κ2) is 4.63. The molecule has 1 unspecified atom stereocenters. The van der Waals surface area contributed by atoms with Crippen molar-refractivity contribution >= 4 is 11.8 Å². The topological polar surface area (TPSA) is 33.1 Å². The molecule has 0 aliphatic carbocycles. The summed E-state index contributed by atoms with van der Waals surface area (Å²) in [6.45, 7) is 3.98. The van der Waals surface area contributed by atoms with Gasteiger partial charge in [-0.15, -0.1) is 11.8 Å². The summed E-state index contributed by atoms with van der Waals surface area (Å²) in [6.07, 6.45) is 4.12. The third kappa shape index (κ3) is 2.45. The Hall–Kier alpha value is -0.540. The highest BCUT2D eigenvalue weighted by Gasteiger charge is 2.07. The molecule has 1 rings (SSSR count). The number of thioether (sulfide) groups is 1. The second-order valence-electron chi connectivity index (χ2n) is 3.02. The van der Waals surface area contributed by atoms with Crippen molar-refractivity contribution in [2.24, 2.45) is 0 Å². The van der Waals surface area contributed by atoms with Crippen LogP contribution in [0.5, 0.6) is 0 Å². The highest BCUT2D eigenvalue weighted by atomic mass is 32.2. The van der Waals surface area contributed by atoms with E-state index < -0.39 is 0 Å². The van der Waals surface area contributed by atoms with Crippen LogP contribution in [-0.2, 0) is 0 Å². The molecule has 0 bridgehead atoms.